The third-order valence-corrected chi connectivity index (χ3v) is 4.09. The summed E-state index contributed by atoms with van der Waals surface area (Å²) >= 11 is 5.29. The lowest BCUT2D eigenvalue weighted by Crippen LogP contribution is -2.34. The highest BCUT2D eigenvalue weighted by Crippen LogP contribution is 2.20. The standard InChI is InChI=1S/C23H28N2O3S/c1-16(2)12-13-27-21-11-6-5-10-20(21)22(26)25-23(29)24-18-8-7-9-19(14-18)28-15-17(3)4/h5-11,14,16H,3,12-13,15H2,1-2,4H3,(H2,24,25,26,29). The second kappa shape index (κ2) is 11.2. The van der Waals surface area contributed by atoms with Crippen molar-refractivity contribution in [3.05, 3.63) is 66.2 Å². The second-order valence-corrected chi connectivity index (χ2v) is 7.62. The SMILES string of the molecule is C=C(C)COc1cccc(NC(=S)NC(=O)c2ccccc2OCCC(C)C)c1. The number of hydrogen-bond donors (Lipinski definition) is 2. The molecule has 0 aliphatic carbocycles. The number of nitrogens with one attached hydrogen (secondary N) is 2. The highest BCUT2D eigenvalue weighted by Gasteiger charge is 2.14. The second-order valence-electron chi connectivity index (χ2n) is 7.21. The fourth-order valence-corrected chi connectivity index (χ4v) is 2.60. The van der Waals surface area contributed by atoms with Crippen molar-refractivity contribution < 1.29 is 14.3 Å². The third-order valence-electron chi connectivity index (χ3n) is 3.89. The molecular formula is C23H28N2O3S. The van der Waals surface area contributed by atoms with E-state index in [-0.39, 0.29) is 11.0 Å². The number of rotatable bonds is 9. The first-order valence-corrected chi connectivity index (χ1v) is 9.97. The molecular weight excluding hydrogens is 384 g/mol. The zero-order valence-corrected chi connectivity index (χ0v) is 18.0. The number of hydrogen-bond acceptors (Lipinski definition) is 4. The molecule has 0 heterocycles. The molecule has 0 unspecified atom stereocenters. The van der Waals surface area contributed by atoms with Crippen LogP contribution in [0.1, 0.15) is 37.6 Å². The van der Waals surface area contributed by atoms with E-state index in [2.05, 4.69) is 31.1 Å². The Morgan fingerprint density at radius 2 is 1.90 bits per heavy atom. The number of carbonyl (C=O) groups excluding carboxylic acids is 1. The Labute approximate surface area is 178 Å². The van der Waals surface area contributed by atoms with Crippen molar-refractivity contribution in [1.29, 1.82) is 0 Å². The number of amides is 1. The van der Waals surface area contributed by atoms with Crippen LogP contribution in [0.3, 0.4) is 0 Å². The van der Waals surface area contributed by atoms with Crippen molar-refractivity contribution >= 4 is 28.9 Å². The Bertz CT molecular complexity index is 865. The van der Waals surface area contributed by atoms with E-state index in [1.807, 2.05) is 37.3 Å². The lowest BCUT2D eigenvalue weighted by Gasteiger charge is -2.14. The summed E-state index contributed by atoms with van der Waals surface area (Å²) in [5.41, 5.74) is 2.09. The maximum absolute atomic E-state index is 12.7. The molecule has 2 rings (SSSR count). The van der Waals surface area contributed by atoms with Crippen molar-refractivity contribution in [2.75, 3.05) is 18.5 Å². The quantitative estimate of drug-likeness (QED) is 0.438. The minimum atomic E-state index is -0.322. The Hall–Kier alpha value is -2.86. The predicted molar refractivity (Wildman–Crippen MR) is 122 cm³/mol. The van der Waals surface area contributed by atoms with Gasteiger partial charge in [0.15, 0.2) is 5.11 Å². The van der Waals surface area contributed by atoms with Gasteiger partial charge in [-0.3, -0.25) is 10.1 Å². The van der Waals surface area contributed by atoms with E-state index in [0.29, 0.717) is 36.2 Å². The van der Waals surface area contributed by atoms with E-state index in [9.17, 15) is 4.79 Å². The molecule has 2 aromatic carbocycles. The highest BCUT2D eigenvalue weighted by atomic mass is 32.1. The van der Waals surface area contributed by atoms with E-state index in [0.717, 1.165) is 17.7 Å². The molecule has 0 bridgehead atoms. The lowest BCUT2D eigenvalue weighted by molar-refractivity contribution is 0.0973. The van der Waals surface area contributed by atoms with Crippen molar-refractivity contribution in [1.82, 2.24) is 5.32 Å². The lowest BCUT2D eigenvalue weighted by atomic mass is 10.1. The number of carbonyl (C=O) groups is 1. The van der Waals surface area contributed by atoms with Gasteiger partial charge in [0, 0.05) is 11.8 Å². The van der Waals surface area contributed by atoms with Crippen molar-refractivity contribution in [3.63, 3.8) is 0 Å². The van der Waals surface area contributed by atoms with E-state index >= 15 is 0 Å². The zero-order chi connectivity index (χ0) is 21.2. The fraction of sp³-hybridized carbons (Fsp3) is 0.304. The van der Waals surface area contributed by atoms with E-state index in [1.54, 1.807) is 18.2 Å². The molecule has 2 aromatic rings. The van der Waals surface area contributed by atoms with Gasteiger partial charge in [-0.05, 0) is 61.3 Å². The molecule has 29 heavy (non-hydrogen) atoms. The van der Waals surface area contributed by atoms with Gasteiger partial charge < -0.3 is 14.8 Å². The molecule has 0 fully saturated rings. The van der Waals surface area contributed by atoms with Crippen molar-refractivity contribution in [2.24, 2.45) is 5.92 Å². The Morgan fingerprint density at radius 3 is 2.62 bits per heavy atom. The molecule has 154 valence electrons. The Kier molecular flexibility index (Phi) is 8.68. The van der Waals surface area contributed by atoms with Gasteiger partial charge in [-0.15, -0.1) is 0 Å². The molecule has 0 aliphatic rings. The van der Waals surface area contributed by atoms with Gasteiger partial charge in [-0.25, -0.2) is 0 Å². The van der Waals surface area contributed by atoms with E-state index < -0.39 is 0 Å². The van der Waals surface area contributed by atoms with E-state index in [4.69, 9.17) is 21.7 Å². The highest BCUT2D eigenvalue weighted by molar-refractivity contribution is 7.80. The van der Waals surface area contributed by atoms with Gasteiger partial charge in [0.1, 0.15) is 18.1 Å². The van der Waals surface area contributed by atoms with Gasteiger partial charge >= 0.3 is 0 Å². The van der Waals surface area contributed by atoms with Crippen LogP contribution in [0.15, 0.2) is 60.7 Å². The van der Waals surface area contributed by atoms with Crippen LogP contribution in [0.2, 0.25) is 0 Å². The molecule has 0 spiro atoms. The maximum atomic E-state index is 12.7. The zero-order valence-electron chi connectivity index (χ0n) is 17.2. The molecule has 0 aliphatic heterocycles. The van der Waals surface area contributed by atoms with Gasteiger partial charge in [0.2, 0.25) is 0 Å². The van der Waals surface area contributed by atoms with Gasteiger partial charge in [-0.1, -0.05) is 38.6 Å². The number of benzene rings is 2. The normalized spacial score (nSPS) is 10.3. The summed E-state index contributed by atoms with van der Waals surface area (Å²) < 4.78 is 11.4. The van der Waals surface area contributed by atoms with Crippen LogP contribution in [-0.2, 0) is 0 Å². The topological polar surface area (TPSA) is 59.6 Å². The predicted octanol–water partition coefficient (Wildman–Crippen LogP) is 5.19. The number of anilines is 1. The van der Waals surface area contributed by atoms with Crippen LogP contribution in [0.4, 0.5) is 5.69 Å². The van der Waals surface area contributed by atoms with Gasteiger partial charge in [0.05, 0.1) is 12.2 Å². The van der Waals surface area contributed by atoms with Crippen LogP contribution in [-0.4, -0.2) is 24.2 Å². The maximum Gasteiger partial charge on any atom is 0.261 e. The van der Waals surface area contributed by atoms with Crippen molar-refractivity contribution in [2.45, 2.75) is 27.2 Å². The summed E-state index contributed by atoms with van der Waals surface area (Å²) in [4.78, 5) is 12.7. The first-order valence-electron chi connectivity index (χ1n) is 9.56. The molecule has 1 amide bonds. The first-order chi connectivity index (χ1) is 13.8. The molecule has 0 radical (unpaired) electrons. The van der Waals surface area contributed by atoms with Crippen LogP contribution < -0.4 is 20.1 Å². The van der Waals surface area contributed by atoms with Crippen molar-refractivity contribution in [3.8, 4) is 11.5 Å². The summed E-state index contributed by atoms with van der Waals surface area (Å²) in [6.07, 6.45) is 0.916. The molecule has 5 nitrogen and oxygen atoms in total. The summed E-state index contributed by atoms with van der Waals surface area (Å²) in [7, 11) is 0. The summed E-state index contributed by atoms with van der Waals surface area (Å²) in [6.45, 7) is 11.0. The third kappa shape index (κ3) is 7.95. The minimum Gasteiger partial charge on any atom is -0.493 e. The molecule has 6 heteroatoms. The molecule has 2 N–H and O–H groups in total. The Morgan fingerprint density at radius 1 is 1.14 bits per heavy atom. The number of ether oxygens (including phenoxy) is 2. The Balaban J connectivity index is 1.96. The molecule has 0 saturated heterocycles. The molecule has 0 aromatic heterocycles. The van der Waals surface area contributed by atoms with Crippen LogP contribution in [0, 0.1) is 5.92 Å². The molecule has 0 atom stereocenters. The largest absolute Gasteiger partial charge is 0.493 e. The smallest absolute Gasteiger partial charge is 0.261 e. The summed E-state index contributed by atoms with van der Waals surface area (Å²) in [6, 6.07) is 14.5. The van der Waals surface area contributed by atoms with Crippen LogP contribution in [0.25, 0.3) is 0 Å². The van der Waals surface area contributed by atoms with Gasteiger partial charge in [0.25, 0.3) is 5.91 Å². The monoisotopic (exact) mass is 412 g/mol. The van der Waals surface area contributed by atoms with E-state index in [1.165, 1.54) is 0 Å². The fourth-order valence-electron chi connectivity index (χ4n) is 2.39. The average molecular weight is 413 g/mol. The molecule has 0 saturated carbocycles. The number of thiocarbonyl (C=S) groups is 1. The summed E-state index contributed by atoms with van der Waals surface area (Å²) in [5, 5.41) is 5.90. The average Bonchev–Trinajstić information content (AvgIpc) is 2.66. The summed E-state index contributed by atoms with van der Waals surface area (Å²) in [5.74, 6) is 1.44. The number of para-hydroxylation sites is 1. The van der Waals surface area contributed by atoms with Crippen LogP contribution >= 0.6 is 12.2 Å². The minimum absolute atomic E-state index is 0.198. The first kappa shape index (κ1) is 22.4. The van der Waals surface area contributed by atoms with Gasteiger partial charge in [-0.2, -0.15) is 0 Å². The van der Waals surface area contributed by atoms with Crippen LogP contribution in [0.5, 0.6) is 11.5 Å².